The van der Waals surface area contributed by atoms with E-state index in [2.05, 4.69) is 22.6 Å². The Kier molecular flexibility index (Phi) is 2.42. The Morgan fingerprint density at radius 1 is 1.67 bits per heavy atom. The van der Waals surface area contributed by atoms with Gasteiger partial charge in [0.05, 0.1) is 7.76 Å². The first-order valence-corrected chi connectivity index (χ1v) is 4.55. The van der Waals surface area contributed by atoms with Crippen molar-refractivity contribution in [1.82, 2.24) is 0 Å². The molecule has 1 nitrogen and oxygen atoms in total. The second kappa shape index (κ2) is 2.94. The van der Waals surface area contributed by atoms with Crippen LogP contribution in [0.3, 0.4) is 0 Å². The molecule has 1 rings (SSSR count). The monoisotopic (exact) mass is 269 g/mol. The van der Waals surface area contributed by atoms with E-state index < -0.39 is 0 Å². The van der Waals surface area contributed by atoms with Gasteiger partial charge in [-0.05, 0) is 34.7 Å². The zero-order chi connectivity index (χ0) is 6.85. The number of hydrogen-bond donors (Lipinski definition) is 1. The predicted molar refractivity (Wildman–Crippen MR) is 52.9 cm³/mol. The molecule has 1 aromatic heterocycles. The van der Waals surface area contributed by atoms with Crippen LogP contribution in [0.25, 0.3) is 0 Å². The zero-order valence-corrected chi connectivity index (χ0v) is 8.22. The molecule has 0 saturated carbocycles. The molecule has 0 aliphatic rings. The summed E-state index contributed by atoms with van der Waals surface area (Å²) < 4.78 is 1.22. The Hall–Kier alpha value is 0.320. The van der Waals surface area contributed by atoms with Crippen molar-refractivity contribution in [2.45, 2.75) is 0 Å². The van der Waals surface area contributed by atoms with Crippen molar-refractivity contribution in [3.8, 4) is 0 Å². The van der Waals surface area contributed by atoms with Crippen molar-refractivity contribution >= 4 is 51.1 Å². The molecule has 0 spiro atoms. The molecule has 9 heavy (non-hydrogen) atoms. The molecule has 4 heteroatoms. The molecule has 0 aromatic carbocycles. The largest absolute Gasteiger partial charge is 0.389 e. The van der Waals surface area contributed by atoms with E-state index in [0.29, 0.717) is 4.99 Å². The number of thiocarbonyl (C=S) groups is 1. The van der Waals surface area contributed by atoms with Crippen LogP contribution in [-0.4, -0.2) is 4.99 Å². The Balaban J connectivity index is 2.98. The van der Waals surface area contributed by atoms with Crippen LogP contribution in [0.1, 0.15) is 4.88 Å². The molecule has 0 atom stereocenters. The minimum absolute atomic E-state index is 0.489. The Morgan fingerprint density at radius 2 is 2.33 bits per heavy atom. The second-order valence-corrected chi connectivity index (χ2v) is 4.89. The summed E-state index contributed by atoms with van der Waals surface area (Å²) in [5.41, 5.74) is 5.37. The minimum Gasteiger partial charge on any atom is -0.389 e. The van der Waals surface area contributed by atoms with Crippen molar-refractivity contribution in [1.29, 1.82) is 0 Å². The van der Waals surface area contributed by atoms with Crippen molar-refractivity contribution < 1.29 is 0 Å². The van der Waals surface area contributed by atoms with E-state index in [1.165, 1.54) is 2.88 Å². The highest BCUT2D eigenvalue weighted by Gasteiger charge is 1.97. The molecule has 0 fully saturated rings. The van der Waals surface area contributed by atoms with Gasteiger partial charge in [0, 0.05) is 0 Å². The highest BCUT2D eigenvalue weighted by atomic mass is 127. The highest BCUT2D eigenvalue weighted by molar-refractivity contribution is 14.1. The topological polar surface area (TPSA) is 26.0 Å². The van der Waals surface area contributed by atoms with Crippen LogP contribution < -0.4 is 5.73 Å². The molecule has 0 aliphatic carbocycles. The lowest BCUT2D eigenvalue weighted by atomic mass is 10.5. The molecule has 2 N–H and O–H groups in total. The molecular weight excluding hydrogens is 265 g/mol. The molecule has 48 valence electrons. The van der Waals surface area contributed by atoms with Gasteiger partial charge in [-0.2, -0.15) is 0 Å². The van der Waals surface area contributed by atoms with Gasteiger partial charge in [-0.3, -0.25) is 0 Å². The average Bonchev–Trinajstić information content (AvgIpc) is 2.14. The number of rotatable bonds is 1. The Labute approximate surface area is 76.4 Å². The van der Waals surface area contributed by atoms with E-state index in [9.17, 15) is 0 Å². The third-order valence-corrected chi connectivity index (χ3v) is 3.09. The summed E-state index contributed by atoms with van der Waals surface area (Å²) in [4.78, 5) is 1.48. The lowest BCUT2D eigenvalue weighted by molar-refractivity contribution is 1.78. The van der Waals surface area contributed by atoms with Crippen LogP contribution >= 0.6 is 46.1 Å². The molecular formula is C5H4INS2. The fourth-order valence-corrected chi connectivity index (χ4v) is 2.11. The quantitative estimate of drug-likeness (QED) is 0.623. The number of halogens is 1. The number of hydrogen-bond acceptors (Lipinski definition) is 2. The summed E-state index contributed by atoms with van der Waals surface area (Å²) in [5.74, 6) is 0. The van der Waals surface area contributed by atoms with Crippen LogP contribution in [0.4, 0.5) is 0 Å². The van der Waals surface area contributed by atoms with Gasteiger partial charge in [-0.1, -0.05) is 12.2 Å². The lowest BCUT2D eigenvalue weighted by Crippen LogP contribution is -2.06. The second-order valence-electron chi connectivity index (χ2n) is 1.47. The van der Waals surface area contributed by atoms with Gasteiger partial charge in [-0.15, -0.1) is 11.3 Å². The Morgan fingerprint density at radius 3 is 2.56 bits per heavy atom. The van der Waals surface area contributed by atoms with Gasteiger partial charge >= 0.3 is 0 Å². The molecule has 1 heterocycles. The molecule has 0 saturated heterocycles. The van der Waals surface area contributed by atoms with Crippen LogP contribution in [0.2, 0.25) is 0 Å². The van der Waals surface area contributed by atoms with E-state index in [0.717, 1.165) is 4.88 Å². The maximum atomic E-state index is 5.37. The molecule has 0 unspecified atom stereocenters. The molecule has 0 amide bonds. The van der Waals surface area contributed by atoms with Crippen molar-refractivity contribution in [3.05, 3.63) is 19.9 Å². The fourth-order valence-electron chi connectivity index (χ4n) is 0.447. The fraction of sp³-hybridized carbons (Fsp3) is 0. The summed E-state index contributed by atoms with van der Waals surface area (Å²) >= 11 is 8.61. The first-order chi connectivity index (χ1) is 4.20. The molecule has 1 aromatic rings. The predicted octanol–water partition coefficient (Wildman–Crippen LogP) is 1.99. The van der Waals surface area contributed by atoms with Gasteiger partial charge in [0.25, 0.3) is 0 Å². The van der Waals surface area contributed by atoms with Crippen LogP contribution in [0.15, 0.2) is 12.1 Å². The maximum Gasteiger partial charge on any atom is 0.114 e. The van der Waals surface area contributed by atoms with Gasteiger partial charge in [0.15, 0.2) is 0 Å². The smallest absolute Gasteiger partial charge is 0.114 e. The van der Waals surface area contributed by atoms with Crippen molar-refractivity contribution in [2.75, 3.05) is 0 Å². The SMILES string of the molecule is NC(=S)c1ccc(I)s1. The summed E-state index contributed by atoms with van der Waals surface area (Å²) in [5, 5.41) is 0. The number of thiophene rings is 1. The van der Waals surface area contributed by atoms with E-state index in [-0.39, 0.29) is 0 Å². The lowest BCUT2D eigenvalue weighted by Gasteiger charge is -1.85. The van der Waals surface area contributed by atoms with Crippen LogP contribution in [0.5, 0.6) is 0 Å². The molecule has 0 radical (unpaired) electrons. The normalized spacial score (nSPS) is 9.44. The summed E-state index contributed by atoms with van der Waals surface area (Å²) in [7, 11) is 0. The van der Waals surface area contributed by atoms with E-state index in [1.807, 2.05) is 12.1 Å². The van der Waals surface area contributed by atoms with Crippen molar-refractivity contribution in [3.63, 3.8) is 0 Å². The van der Waals surface area contributed by atoms with E-state index >= 15 is 0 Å². The Bertz CT molecular complexity index is 231. The van der Waals surface area contributed by atoms with Gasteiger partial charge < -0.3 is 5.73 Å². The van der Waals surface area contributed by atoms with Gasteiger partial charge in [0.1, 0.15) is 4.99 Å². The molecule has 0 bridgehead atoms. The van der Waals surface area contributed by atoms with E-state index in [4.69, 9.17) is 18.0 Å². The third kappa shape index (κ3) is 1.87. The van der Waals surface area contributed by atoms with Gasteiger partial charge in [-0.25, -0.2) is 0 Å². The summed E-state index contributed by atoms with van der Waals surface area (Å²) in [6, 6.07) is 3.94. The maximum absolute atomic E-state index is 5.37. The molecule has 0 aliphatic heterocycles. The zero-order valence-electron chi connectivity index (χ0n) is 4.43. The summed E-state index contributed by atoms with van der Waals surface area (Å²) in [6.45, 7) is 0. The number of nitrogens with two attached hydrogens (primary N) is 1. The third-order valence-electron chi connectivity index (χ3n) is 0.816. The average molecular weight is 269 g/mol. The highest BCUT2D eigenvalue weighted by Crippen LogP contribution is 2.17. The van der Waals surface area contributed by atoms with Crippen LogP contribution in [0, 0.1) is 2.88 Å². The summed E-state index contributed by atoms with van der Waals surface area (Å²) in [6.07, 6.45) is 0. The first-order valence-electron chi connectivity index (χ1n) is 2.25. The minimum atomic E-state index is 0.489. The van der Waals surface area contributed by atoms with Gasteiger partial charge in [0.2, 0.25) is 0 Å². The standard InChI is InChI=1S/C5H4INS2/c6-4-2-1-3(9-4)5(7)8/h1-2H,(H2,7,8). The van der Waals surface area contributed by atoms with Crippen molar-refractivity contribution in [2.24, 2.45) is 5.73 Å². The first kappa shape index (κ1) is 7.43. The van der Waals surface area contributed by atoms with E-state index in [1.54, 1.807) is 11.3 Å². The van der Waals surface area contributed by atoms with Crippen LogP contribution in [-0.2, 0) is 0 Å².